The number of β-amino-alcohol motifs (C(OH)–C–C–N with tert-alkyl or cyclic N) is 1. The number of nitrogens with zero attached hydrogens (tertiary/aromatic N) is 3. The first kappa shape index (κ1) is 18.3. The van der Waals surface area contributed by atoms with Crippen molar-refractivity contribution in [1.82, 2.24) is 14.9 Å². The Hall–Kier alpha value is -1.45. The van der Waals surface area contributed by atoms with Gasteiger partial charge in [-0.25, -0.2) is 18.4 Å². The van der Waals surface area contributed by atoms with Crippen LogP contribution in [0.5, 0.6) is 5.88 Å². The molecule has 3 heterocycles. The van der Waals surface area contributed by atoms with Crippen LogP contribution in [0.2, 0.25) is 0 Å². The third-order valence-corrected chi connectivity index (χ3v) is 6.72. The summed E-state index contributed by atoms with van der Waals surface area (Å²) in [4.78, 5) is 10.4. The summed E-state index contributed by atoms with van der Waals surface area (Å²) in [6.45, 7) is 2.29. The van der Waals surface area contributed by atoms with Gasteiger partial charge in [0.25, 0.3) is 0 Å². The van der Waals surface area contributed by atoms with Crippen LogP contribution in [0.1, 0.15) is 25.7 Å². The van der Waals surface area contributed by atoms with Gasteiger partial charge in [0, 0.05) is 31.7 Å². The molecule has 0 saturated carbocycles. The smallest absolute Gasteiger partial charge is 0.218 e. The van der Waals surface area contributed by atoms with Gasteiger partial charge in [-0.05, 0) is 25.7 Å². The molecule has 2 aliphatic rings. The largest absolute Gasteiger partial charge is 0.481 e. The highest BCUT2D eigenvalue weighted by Crippen LogP contribution is 2.26. The van der Waals surface area contributed by atoms with E-state index in [1.165, 1.54) is 6.33 Å². The van der Waals surface area contributed by atoms with Crippen LogP contribution in [0.25, 0.3) is 0 Å². The summed E-state index contributed by atoms with van der Waals surface area (Å²) in [5, 5.41) is 14.1. The van der Waals surface area contributed by atoms with Crippen LogP contribution < -0.4 is 10.1 Å². The molecule has 0 bridgehead atoms. The maximum atomic E-state index is 11.5. The maximum Gasteiger partial charge on any atom is 0.218 e. The van der Waals surface area contributed by atoms with Crippen molar-refractivity contribution in [3.05, 3.63) is 12.4 Å². The molecule has 3 rings (SSSR count). The molecule has 2 fully saturated rings. The van der Waals surface area contributed by atoms with Crippen LogP contribution in [0.3, 0.4) is 0 Å². The summed E-state index contributed by atoms with van der Waals surface area (Å²) >= 11 is 0. The molecule has 0 aliphatic carbocycles. The van der Waals surface area contributed by atoms with Crippen LogP contribution in [0, 0.1) is 0 Å². The number of piperidine rings is 1. The minimum absolute atomic E-state index is 0.0943. The van der Waals surface area contributed by atoms with Crippen molar-refractivity contribution in [3.8, 4) is 5.88 Å². The number of nitrogens with one attached hydrogen (secondary N) is 1. The lowest BCUT2D eigenvalue weighted by Crippen LogP contribution is -2.51. The molecule has 25 heavy (non-hydrogen) atoms. The van der Waals surface area contributed by atoms with E-state index in [2.05, 4.69) is 20.2 Å². The monoisotopic (exact) mass is 370 g/mol. The zero-order valence-corrected chi connectivity index (χ0v) is 15.3. The molecule has 2 saturated heterocycles. The number of rotatable bonds is 5. The fourth-order valence-corrected chi connectivity index (χ4v) is 5.05. The van der Waals surface area contributed by atoms with E-state index in [1.807, 2.05) is 0 Å². The minimum Gasteiger partial charge on any atom is -0.481 e. The highest BCUT2D eigenvalue weighted by molar-refractivity contribution is 7.91. The Bertz CT molecular complexity index is 675. The average molecular weight is 370 g/mol. The topological polar surface area (TPSA) is 105 Å². The van der Waals surface area contributed by atoms with Gasteiger partial charge in [0.05, 0.1) is 24.2 Å². The Morgan fingerprint density at radius 2 is 2.00 bits per heavy atom. The quantitative estimate of drug-likeness (QED) is 0.763. The predicted molar refractivity (Wildman–Crippen MR) is 94.5 cm³/mol. The molecule has 9 heteroatoms. The second kappa shape index (κ2) is 7.43. The summed E-state index contributed by atoms with van der Waals surface area (Å²) in [5.41, 5.74) is -0.869. The molecule has 0 atom stereocenters. The zero-order chi connectivity index (χ0) is 17.9. The number of likely N-dealkylation sites (tertiary alicyclic amines) is 1. The molecule has 0 amide bonds. The van der Waals surface area contributed by atoms with Crippen LogP contribution in [-0.4, -0.2) is 78.3 Å². The first-order valence-corrected chi connectivity index (χ1v) is 10.5. The van der Waals surface area contributed by atoms with Crippen LogP contribution >= 0.6 is 0 Å². The van der Waals surface area contributed by atoms with Crippen molar-refractivity contribution in [2.75, 3.05) is 43.6 Å². The molecule has 2 aliphatic heterocycles. The first-order chi connectivity index (χ1) is 11.9. The second-order valence-electron chi connectivity index (χ2n) is 7.02. The van der Waals surface area contributed by atoms with Gasteiger partial charge in [0.2, 0.25) is 5.88 Å². The van der Waals surface area contributed by atoms with Crippen LogP contribution in [0.4, 0.5) is 5.82 Å². The molecule has 8 nitrogen and oxygen atoms in total. The number of hydrogen-bond acceptors (Lipinski definition) is 8. The van der Waals surface area contributed by atoms with Gasteiger partial charge < -0.3 is 20.1 Å². The van der Waals surface area contributed by atoms with Crippen LogP contribution in [0.15, 0.2) is 12.4 Å². The third-order valence-electron chi connectivity index (χ3n) is 5.07. The SMILES string of the molecule is COc1cc(NC2CCN(CC3(O)CCS(=O)(=O)CC3)CC2)ncn1. The van der Waals surface area contributed by atoms with Crippen molar-refractivity contribution in [2.24, 2.45) is 0 Å². The fourth-order valence-electron chi connectivity index (χ4n) is 3.47. The van der Waals surface area contributed by atoms with Crippen LogP contribution in [-0.2, 0) is 9.84 Å². The molecule has 2 N–H and O–H groups in total. The molecule has 0 radical (unpaired) electrons. The summed E-state index contributed by atoms with van der Waals surface area (Å²) < 4.78 is 28.2. The number of aliphatic hydroxyl groups is 1. The lowest BCUT2D eigenvalue weighted by molar-refractivity contribution is -0.00986. The van der Waals surface area contributed by atoms with E-state index < -0.39 is 15.4 Å². The highest BCUT2D eigenvalue weighted by atomic mass is 32.2. The van der Waals surface area contributed by atoms with Gasteiger partial charge >= 0.3 is 0 Å². The number of hydrogen-bond donors (Lipinski definition) is 2. The number of sulfone groups is 1. The fraction of sp³-hybridized carbons (Fsp3) is 0.750. The standard InChI is InChI=1S/C16H26N4O4S/c1-24-15-10-14(17-12-18-15)19-13-2-6-20(7-3-13)11-16(21)4-8-25(22,23)9-5-16/h10,12-13,21H,2-9,11H2,1H3,(H,17,18,19). The Kier molecular flexibility index (Phi) is 5.45. The van der Waals surface area contributed by atoms with E-state index in [0.717, 1.165) is 31.7 Å². The van der Waals surface area contributed by atoms with Crippen molar-refractivity contribution >= 4 is 15.7 Å². The third kappa shape index (κ3) is 5.02. The summed E-state index contributed by atoms with van der Waals surface area (Å²) in [6.07, 6.45) is 4.05. The maximum absolute atomic E-state index is 11.5. The second-order valence-corrected chi connectivity index (χ2v) is 9.32. The van der Waals surface area contributed by atoms with Gasteiger partial charge in [-0.2, -0.15) is 0 Å². The molecule has 1 aromatic rings. The Morgan fingerprint density at radius 3 is 2.64 bits per heavy atom. The molecule has 0 spiro atoms. The molecular weight excluding hydrogens is 344 g/mol. The highest BCUT2D eigenvalue weighted by Gasteiger charge is 2.37. The molecular formula is C16H26N4O4S. The average Bonchev–Trinajstić information content (AvgIpc) is 2.60. The van der Waals surface area contributed by atoms with Crippen molar-refractivity contribution in [1.29, 1.82) is 0 Å². The van der Waals surface area contributed by atoms with Gasteiger partial charge in [-0.15, -0.1) is 0 Å². The van der Waals surface area contributed by atoms with Gasteiger partial charge in [0.15, 0.2) is 9.84 Å². The van der Waals surface area contributed by atoms with E-state index in [-0.39, 0.29) is 11.5 Å². The molecule has 0 unspecified atom stereocenters. The zero-order valence-electron chi connectivity index (χ0n) is 14.5. The van der Waals surface area contributed by atoms with E-state index >= 15 is 0 Å². The summed E-state index contributed by atoms with van der Waals surface area (Å²) in [7, 11) is -1.38. The molecule has 0 aromatic carbocycles. The summed E-state index contributed by atoms with van der Waals surface area (Å²) in [5.74, 6) is 1.47. The van der Waals surface area contributed by atoms with E-state index in [0.29, 0.717) is 31.3 Å². The number of aromatic nitrogens is 2. The minimum atomic E-state index is -2.95. The lowest BCUT2D eigenvalue weighted by Gasteiger charge is -2.40. The Morgan fingerprint density at radius 1 is 1.32 bits per heavy atom. The number of ether oxygens (including phenoxy) is 1. The predicted octanol–water partition coefficient (Wildman–Crippen LogP) is 0.301. The number of anilines is 1. The molecule has 1 aromatic heterocycles. The van der Waals surface area contributed by atoms with Crippen molar-refractivity contribution in [2.45, 2.75) is 37.3 Å². The normalized spacial score (nSPS) is 23.9. The van der Waals surface area contributed by atoms with Gasteiger partial charge in [-0.3, -0.25) is 0 Å². The van der Waals surface area contributed by atoms with Crippen molar-refractivity contribution < 1.29 is 18.3 Å². The Labute approximate surface area is 148 Å². The Balaban J connectivity index is 1.47. The first-order valence-electron chi connectivity index (χ1n) is 8.65. The van der Waals surface area contributed by atoms with Gasteiger partial charge in [0.1, 0.15) is 12.1 Å². The number of methoxy groups -OCH3 is 1. The van der Waals surface area contributed by atoms with Crippen molar-refractivity contribution in [3.63, 3.8) is 0 Å². The lowest BCUT2D eigenvalue weighted by atomic mass is 9.94. The summed E-state index contributed by atoms with van der Waals surface area (Å²) in [6, 6.07) is 2.09. The van der Waals surface area contributed by atoms with Gasteiger partial charge in [-0.1, -0.05) is 0 Å². The molecule has 140 valence electrons. The van der Waals surface area contributed by atoms with E-state index in [9.17, 15) is 13.5 Å². The van der Waals surface area contributed by atoms with E-state index in [4.69, 9.17) is 4.74 Å². The van der Waals surface area contributed by atoms with E-state index in [1.54, 1.807) is 13.2 Å².